The molecule has 0 unspecified atom stereocenters. The highest BCUT2D eigenvalue weighted by atomic mass is 35.5. The average molecular weight is 398 g/mol. The number of nitrogens with zero attached hydrogens (tertiary/aromatic N) is 2. The van der Waals surface area contributed by atoms with Crippen LogP contribution in [0.1, 0.15) is 18.4 Å². The molecular weight excluding hydrogens is 381 g/mol. The Kier molecular flexibility index (Phi) is 4.10. The minimum absolute atomic E-state index is 0.565. The maximum atomic E-state index is 6.47. The van der Waals surface area contributed by atoms with E-state index in [9.17, 15) is 0 Å². The van der Waals surface area contributed by atoms with Crippen molar-refractivity contribution in [1.29, 1.82) is 0 Å². The zero-order valence-corrected chi connectivity index (χ0v) is 16.0. The fourth-order valence-electron chi connectivity index (χ4n) is 3.63. The predicted octanol–water partition coefficient (Wildman–Crippen LogP) is 6.34. The Balaban J connectivity index is 1.73. The highest BCUT2D eigenvalue weighted by Crippen LogP contribution is 2.37. The highest BCUT2D eigenvalue weighted by Gasteiger charge is 2.24. The van der Waals surface area contributed by atoms with Gasteiger partial charge in [-0.05, 0) is 49.6 Å². The van der Waals surface area contributed by atoms with Crippen LogP contribution >= 0.6 is 23.2 Å². The number of halogens is 2. The molecule has 1 aliphatic rings. The maximum Gasteiger partial charge on any atom is 0.156 e. The molecule has 0 aliphatic carbocycles. The number of para-hydroxylation sites is 1. The molecule has 1 aliphatic heterocycles. The molecule has 4 aromatic rings. The third-order valence-electron chi connectivity index (χ3n) is 4.93. The second-order valence-corrected chi connectivity index (χ2v) is 7.56. The van der Waals surface area contributed by atoms with Crippen molar-refractivity contribution in [3.8, 4) is 17.1 Å². The largest absolute Gasteiger partial charge is 0.454 e. The Labute approximate surface area is 166 Å². The highest BCUT2D eigenvalue weighted by molar-refractivity contribution is 6.35. The van der Waals surface area contributed by atoms with Crippen LogP contribution in [0.4, 0.5) is 5.82 Å². The lowest BCUT2D eigenvalue weighted by molar-refractivity contribution is 0.625. The van der Waals surface area contributed by atoms with Gasteiger partial charge in [0, 0.05) is 22.5 Å². The van der Waals surface area contributed by atoms with Crippen LogP contribution in [-0.2, 0) is 6.42 Å². The zero-order valence-electron chi connectivity index (χ0n) is 14.5. The van der Waals surface area contributed by atoms with E-state index in [-0.39, 0.29) is 0 Å². The van der Waals surface area contributed by atoms with Crippen molar-refractivity contribution in [3.63, 3.8) is 0 Å². The van der Waals surface area contributed by atoms with E-state index in [0.717, 1.165) is 65.3 Å². The summed E-state index contributed by atoms with van der Waals surface area (Å²) in [7, 11) is 0. The Morgan fingerprint density at radius 3 is 2.78 bits per heavy atom. The summed E-state index contributed by atoms with van der Waals surface area (Å²) >= 11 is 12.5. The fourth-order valence-corrected chi connectivity index (χ4v) is 4.11. The van der Waals surface area contributed by atoms with Crippen molar-refractivity contribution in [1.82, 2.24) is 9.78 Å². The maximum absolute atomic E-state index is 6.47. The average Bonchev–Trinajstić information content (AvgIpc) is 3.15. The molecule has 0 atom stereocenters. The van der Waals surface area contributed by atoms with Crippen molar-refractivity contribution >= 4 is 40.0 Å². The summed E-state index contributed by atoms with van der Waals surface area (Å²) in [6.07, 6.45) is 3.16. The minimum atomic E-state index is 0.565. The van der Waals surface area contributed by atoms with Crippen LogP contribution in [0.3, 0.4) is 0 Å². The van der Waals surface area contributed by atoms with Gasteiger partial charge in [0.25, 0.3) is 0 Å². The quantitative estimate of drug-likeness (QED) is 0.428. The van der Waals surface area contributed by atoms with Crippen molar-refractivity contribution in [2.75, 3.05) is 11.9 Å². The summed E-state index contributed by atoms with van der Waals surface area (Å²) < 4.78 is 7.98. The summed E-state index contributed by atoms with van der Waals surface area (Å²) in [6.45, 7) is 0.906. The SMILES string of the molecule is Clc1ccc(-n2nc(-c3cc4ccccc4o3)c3c2NCCCC3)c(Cl)c1. The molecule has 2 aromatic heterocycles. The molecule has 2 aromatic carbocycles. The number of hydrogen-bond acceptors (Lipinski definition) is 3. The first-order valence-corrected chi connectivity index (χ1v) is 9.76. The van der Waals surface area contributed by atoms with E-state index >= 15 is 0 Å². The van der Waals surface area contributed by atoms with Gasteiger partial charge in [0.15, 0.2) is 5.76 Å². The Bertz CT molecular complexity index is 1110. The van der Waals surface area contributed by atoms with Crippen molar-refractivity contribution in [3.05, 3.63) is 64.1 Å². The molecular formula is C21H17Cl2N3O. The van der Waals surface area contributed by atoms with Crippen LogP contribution < -0.4 is 5.32 Å². The second-order valence-electron chi connectivity index (χ2n) is 6.72. The number of benzene rings is 2. The Hall–Kier alpha value is -2.43. The van der Waals surface area contributed by atoms with Crippen molar-refractivity contribution < 1.29 is 4.42 Å². The molecule has 0 bridgehead atoms. The molecule has 0 saturated carbocycles. The lowest BCUT2D eigenvalue weighted by Crippen LogP contribution is -2.07. The predicted molar refractivity (Wildman–Crippen MR) is 110 cm³/mol. The molecule has 5 rings (SSSR count). The van der Waals surface area contributed by atoms with E-state index in [1.807, 2.05) is 41.1 Å². The molecule has 0 radical (unpaired) electrons. The lowest BCUT2D eigenvalue weighted by Gasteiger charge is -2.10. The minimum Gasteiger partial charge on any atom is -0.454 e. The lowest BCUT2D eigenvalue weighted by atomic mass is 10.1. The van der Waals surface area contributed by atoms with E-state index < -0.39 is 0 Å². The van der Waals surface area contributed by atoms with E-state index in [2.05, 4.69) is 11.4 Å². The topological polar surface area (TPSA) is 43.0 Å². The number of anilines is 1. The number of aromatic nitrogens is 2. The molecule has 27 heavy (non-hydrogen) atoms. The standard InChI is InChI=1S/C21H17Cl2N3O/c22-14-8-9-17(16(23)12-14)26-21-15(6-3-4-10-24-21)20(25-26)19-11-13-5-1-2-7-18(13)27-19/h1-2,5,7-9,11-12,24H,3-4,6,10H2. The third-order valence-corrected chi connectivity index (χ3v) is 5.46. The normalized spacial score (nSPS) is 14.0. The number of furan rings is 1. The van der Waals surface area contributed by atoms with Gasteiger partial charge < -0.3 is 9.73 Å². The van der Waals surface area contributed by atoms with Crippen LogP contribution in [0.25, 0.3) is 28.1 Å². The van der Waals surface area contributed by atoms with E-state index in [0.29, 0.717) is 10.0 Å². The molecule has 136 valence electrons. The number of fused-ring (bicyclic) bond motifs is 2. The van der Waals surface area contributed by atoms with Crippen LogP contribution in [-0.4, -0.2) is 16.3 Å². The first-order chi connectivity index (χ1) is 13.2. The zero-order chi connectivity index (χ0) is 18.4. The fraction of sp³-hybridized carbons (Fsp3) is 0.190. The summed E-state index contributed by atoms with van der Waals surface area (Å²) in [6, 6.07) is 15.5. The Morgan fingerprint density at radius 1 is 1.04 bits per heavy atom. The summed E-state index contributed by atoms with van der Waals surface area (Å²) in [4.78, 5) is 0. The molecule has 1 N–H and O–H groups in total. The van der Waals surface area contributed by atoms with E-state index in [1.54, 1.807) is 6.07 Å². The second kappa shape index (κ2) is 6.63. The smallest absolute Gasteiger partial charge is 0.156 e. The van der Waals surface area contributed by atoms with Gasteiger partial charge >= 0.3 is 0 Å². The van der Waals surface area contributed by atoms with Crippen molar-refractivity contribution in [2.24, 2.45) is 0 Å². The van der Waals surface area contributed by atoms with E-state index in [1.165, 1.54) is 0 Å². The molecule has 0 saturated heterocycles. The molecule has 6 heteroatoms. The molecule has 0 amide bonds. The molecule has 0 fully saturated rings. The summed E-state index contributed by atoms with van der Waals surface area (Å²) in [5, 5.41) is 10.7. The summed E-state index contributed by atoms with van der Waals surface area (Å²) in [5.74, 6) is 1.76. The number of rotatable bonds is 2. The van der Waals surface area contributed by atoms with Gasteiger partial charge in [0.2, 0.25) is 0 Å². The molecule has 0 spiro atoms. The van der Waals surface area contributed by atoms with Gasteiger partial charge in [-0.2, -0.15) is 5.10 Å². The van der Waals surface area contributed by atoms with Gasteiger partial charge in [0.1, 0.15) is 17.1 Å². The van der Waals surface area contributed by atoms with Gasteiger partial charge in [-0.25, -0.2) is 4.68 Å². The first kappa shape index (κ1) is 16.7. The van der Waals surface area contributed by atoms with Crippen LogP contribution in [0.2, 0.25) is 10.0 Å². The Morgan fingerprint density at radius 2 is 1.93 bits per heavy atom. The number of hydrogen-bond donors (Lipinski definition) is 1. The van der Waals surface area contributed by atoms with Gasteiger partial charge in [0.05, 0.1) is 10.7 Å². The molecule has 4 nitrogen and oxygen atoms in total. The number of nitrogens with one attached hydrogen (secondary N) is 1. The monoisotopic (exact) mass is 397 g/mol. The van der Waals surface area contributed by atoms with E-state index in [4.69, 9.17) is 32.7 Å². The third kappa shape index (κ3) is 2.89. The summed E-state index contributed by atoms with van der Waals surface area (Å²) in [5.41, 5.74) is 3.69. The van der Waals surface area contributed by atoms with Crippen LogP contribution in [0.5, 0.6) is 0 Å². The van der Waals surface area contributed by atoms with Crippen molar-refractivity contribution in [2.45, 2.75) is 19.3 Å². The first-order valence-electron chi connectivity index (χ1n) is 9.01. The van der Waals surface area contributed by atoms with Crippen LogP contribution in [0, 0.1) is 0 Å². The van der Waals surface area contributed by atoms with Crippen LogP contribution in [0.15, 0.2) is 52.9 Å². The van der Waals surface area contributed by atoms with Gasteiger partial charge in [-0.3, -0.25) is 0 Å². The van der Waals surface area contributed by atoms with Gasteiger partial charge in [-0.15, -0.1) is 0 Å². The van der Waals surface area contributed by atoms with Gasteiger partial charge in [-0.1, -0.05) is 41.4 Å². The molecule has 3 heterocycles.